The molecule has 0 N–H and O–H groups in total. The molecule has 0 aliphatic heterocycles. The van der Waals surface area contributed by atoms with E-state index < -0.39 is 34.1 Å². The molecule has 0 atom stereocenters. The van der Waals surface area contributed by atoms with Crippen molar-refractivity contribution in [2.75, 3.05) is 22.9 Å². The number of carbonyl (C=O) groups excluding carboxylic acids is 2. The Kier molecular flexibility index (Phi) is 24.9. The molecule has 4 aromatic rings. The summed E-state index contributed by atoms with van der Waals surface area (Å²) in [6, 6.07) is 28.9. The molecular formula is C54H62F4N2O2Ti. The molecule has 0 bridgehead atoms. The van der Waals surface area contributed by atoms with E-state index in [1.165, 1.54) is 33.1 Å². The molecule has 0 saturated carbocycles. The van der Waals surface area contributed by atoms with Crippen LogP contribution in [0.4, 0.5) is 28.9 Å². The first kappa shape index (κ1) is 54.3. The van der Waals surface area contributed by atoms with Crippen molar-refractivity contribution in [1.82, 2.24) is 0 Å². The number of anilines is 2. The molecule has 0 fully saturated rings. The third-order valence-corrected chi connectivity index (χ3v) is 10.2. The zero-order valence-electron chi connectivity index (χ0n) is 37.8. The first-order chi connectivity index (χ1) is 29.7. The number of amides is 2. The van der Waals surface area contributed by atoms with Crippen molar-refractivity contribution in [1.29, 1.82) is 0 Å². The van der Waals surface area contributed by atoms with E-state index >= 15 is 0 Å². The number of allylic oxidation sites excluding steroid dienone is 8. The van der Waals surface area contributed by atoms with Gasteiger partial charge in [-0.25, -0.2) is 41.9 Å². The smallest absolute Gasteiger partial charge is 0.363 e. The molecule has 2 aliphatic carbocycles. The standard InChI is InChI=1S/2C22H26F2NO.2C5H5.Ti/c2*1-4-14-22(2,3)21(26)25(20-13-12-18(23)16-19(20)24)15-8-11-17-9-6-5-7-10-17;2*1-2-4-5-3-1;/h2*5-7,9-10,12-13H,4,8,11,14-15H2,1-3H3;2*1-3H,4H2;/q4*-1;+4. The number of hydrogen-bond acceptors (Lipinski definition) is 2. The van der Waals surface area contributed by atoms with Gasteiger partial charge in [-0.1, -0.05) is 115 Å². The summed E-state index contributed by atoms with van der Waals surface area (Å²) in [5.74, 6) is -3.49. The molecule has 0 aromatic heterocycles. The van der Waals surface area contributed by atoms with E-state index in [1.807, 2.05) is 139 Å². The number of rotatable bonds is 16. The Balaban J connectivity index is 0.000000348. The monoisotopic (exact) mass is 894 g/mol. The van der Waals surface area contributed by atoms with Gasteiger partial charge in [0.15, 0.2) is 0 Å². The van der Waals surface area contributed by atoms with E-state index in [1.54, 1.807) is 0 Å². The quantitative estimate of drug-likeness (QED) is 0.0639. The minimum Gasteiger partial charge on any atom is -0.363 e. The maximum absolute atomic E-state index is 14.3. The molecule has 2 amide bonds. The predicted octanol–water partition coefficient (Wildman–Crippen LogP) is 13.7. The van der Waals surface area contributed by atoms with Crippen molar-refractivity contribution in [2.24, 2.45) is 10.8 Å². The average Bonchev–Trinajstić information content (AvgIpc) is 4.04. The summed E-state index contributed by atoms with van der Waals surface area (Å²) in [5.41, 5.74) is 1.30. The molecule has 63 heavy (non-hydrogen) atoms. The van der Waals surface area contributed by atoms with Crippen LogP contribution in [0.5, 0.6) is 0 Å². The minimum absolute atomic E-state index is 0. The molecule has 9 heteroatoms. The summed E-state index contributed by atoms with van der Waals surface area (Å²) in [7, 11) is 0. The van der Waals surface area contributed by atoms with Gasteiger partial charge in [0, 0.05) is 47.2 Å². The fraction of sp³-hybridized carbons (Fsp3) is 0.370. The summed E-state index contributed by atoms with van der Waals surface area (Å²) in [5, 5.41) is 0. The van der Waals surface area contributed by atoms with Crippen LogP contribution in [0.3, 0.4) is 0 Å². The Bertz CT molecular complexity index is 1910. The van der Waals surface area contributed by atoms with Gasteiger partial charge in [-0.15, -0.1) is 49.2 Å². The fourth-order valence-electron chi connectivity index (χ4n) is 7.00. The zero-order valence-corrected chi connectivity index (χ0v) is 39.3. The normalized spacial score (nSPS) is 12.2. The summed E-state index contributed by atoms with van der Waals surface area (Å²) in [6.07, 6.45) is 26.1. The molecule has 6 rings (SSSR count). The Morgan fingerprint density at radius 3 is 1.21 bits per heavy atom. The SMILES string of the molecule is CCCC(C)(C)C(=O)N(CCCc1ccccc1)c1ccc(F)[c-]c1F.CCCC(C)(C)C(=O)N(CCCc1ccccc1)c1ccc(F)[c-]c1F.[C-]1=CC=CC1.[C-]1=CC=CC1.[Ti+4]. The van der Waals surface area contributed by atoms with Gasteiger partial charge in [0.2, 0.25) is 11.8 Å². The predicted molar refractivity (Wildman–Crippen MR) is 245 cm³/mol. The Hall–Kier alpha value is -4.79. The molecule has 4 nitrogen and oxygen atoms in total. The fourth-order valence-corrected chi connectivity index (χ4v) is 7.00. The van der Waals surface area contributed by atoms with Crippen molar-refractivity contribution < 1.29 is 48.9 Å². The van der Waals surface area contributed by atoms with E-state index in [4.69, 9.17) is 0 Å². The van der Waals surface area contributed by atoms with Gasteiger partial charge >= 0.3 is 21.7 Å². The van der Waals surface area contributed by atoms with Gasteiger partial charge in [-0.05, 0) is 61.0 Å². The number of aryl methyl sites for hydroxylation is 2. The minimum atomic E-state index is -0.828. The first-order valence-corrected chi connectivity index (χ1v) is 21.6. The van der Waals surface area contributed by atoms with E-state index in [-0.39, 0.29) is 44.9 Å². The number of hydrogen-bond donors (Lipinski definition) is 0. The zero-order chi connectivity index (χ0) is 45.4. The van der Waals surface area contributed by atoms with Crippen molar-refractivity contribution in [3.63, 3.8) is 0 Å². The maximum Gasteiger partial charge on any atom is 4.00 e. The van der Waals surface area contributed by atoms with Crippen molar-refractivity contribution in [2.45, 2.75) is 106 Å². The summed E-state index contributed by atoms with van der Waals surface area (Å²) in [4.78, 5) is 29.1. The van der Waals surface area contributed by atoms with Crippen LogP contribution in [0, 0.1) is 58.4 Å². The molecule has 0 heterocycles. The van der Waals surface area contributed by atoms with Gasteiger partial charge in [0.05, 0.1) is 0 Å². The number of nitrogens with zero attached hydrogens (tertiary/aromatic N) is 2. The van der Waals surface area contributed by atoms with Crippen molar-refractivity contribution >= 4 is 23.2 Å². The van der Waals surface area contributed by atoms with Crippen molar-refractivity contribution in [3.8, 4) is 0 Å². The van der Waals surface area contributed by atoms with Crippen LogP contribution in [0.15, 0.2) is 121 Å². The molecule has 332 valence electrons. The van der Waals surface area contributed by atoms with E-state index in [0.717, 1.165) is 50.7 Å². The maximum atomic E-state index is 14.3. The second-order valence-electron chi connectivity index (χ2n) is 16.4. The molecule has 4 aromatic carbocycles. The van der Waals surface area contributed by atoms with Gasteiger partial charge in [0.1, 0.15) is 0 Å². The third-order valence-electron chi connectivity index (χ3n) is 10.2. The molecule has 0 saturated heterocycles. The van der Waals surface area contributed by atoms with Crippen LogP contribution in [0.1, 0.15) is 104 Å². The van der Waals surface area contributed by atoms with Crippen molar-refractivity contribution in [3.05, 3.63) is 180 Å². The second-order valence-corrected chi connectivity index (χ2v) is 16.4. The largest absolute Gasteiger partial charge is 4.00 e. The molecule has 0 spiro atoms. The Morgan fingerprint density at radius 1 is 0.571 bits per heavy atom. The van der Waals surface area contributed by atoms with E-state index in [0.29, 0.717) is 38.8 Å². The number of carbonyl (C=O) groups is 2. The molecule has 0 unspecified atom stereocenters. The van der Waals surface area contributed by atoms with Crippen LogP contribution in [0.2, 0.25) is 0 Å². The Labute approximate surface area is 389 Å². The van der Waals surface area contributed by atoms with E-state index in [9.17, 15) is 27.2 Å². The van der Waals surface area contributed by atoms with Gasteiger partial charge in [-0.3, -0.25) is 21.7 Å². The van der Waals surface area contributed by atoms with Crippen LogP contribution < -0.4 is 9.80 Å². The third kappa shape index (κ3) is 19.2. The summed E-state index contributed by atoms with van der Waals surface area (Å²) >= 11 is 0. The average molecular weight is 895 g/mol. The molecule has 0 radical (unpaired) electrons. The van der Waals surface area contributed by atoms with Crippen LogP contribution in [-0.4, -0.2) is 24.9 Å². The Morgan fingerprint density at radius 2 is 0.937 bits per heavy atom. The second kappa shape index (κ2) is 28.8. The number of halogens is 4. The van der Waals surface area contributed by atoms with E-state index in [2.05, 4.69) is 24.3 Å². The molecule has 2 aliphatic rings. The van der Waals surface area contributed by atoms with Gasteiger partial charge in [0.25, 0.3) is 0 Å². The van der Waals surface area contributed by atoms with Gasteiger partial charge in [-0.2, -0.15) is 12.2 Å². The van der Waals surface area contributed by atoms with Crippen LogP contribution in [0.25, 0.3) is 0 Å². The topological polar surface area (TPSA) is 40.6 Å². The number of benzene rings is 4. The first-order valence-electron chi connectivity index (χ1n) is 21.6. The summed E-state index contributed by atoms with van der Waals surface area (Å²) < 4.78 is 55.1. The molecular weight excluding hydrogens is 832 g/mol. The van der Waals surface area contributed by atoms with Gasteiger partial charge < -0.3 is 9.80 Å². The van der Waals surface area contributed by atoms with Crippen LogP contribution >= 0.6 is 0 Å². The summed E-state index contributed by atoms with van der Waals surface area (Å²) in [6.45, 7) is 12.3. The van der Waals surface area contributed by atoms with Crippen LogP contribution in [-0.2, 0) is 44.1 Å².